The van der Waals surface area contributed by atoms with Crippen LogP contribution in [0.2, 0.25) is 0 Å². The van der Waals surface area contributed by atoms with Gasteiger partial charge in [0.25, 0.3) is 0 Å². The minimum atomic E-state index is -0.484. The third-order valence-electron chi connectivity index (χ3n) is 4.20. The molecule has 1 aliphatic rings. The van der Waals surface area contributed by atoms with Gasteiger partial charge in [0, 0.05) is 12.6 Å². The predicted molar refractivity (Wildman–Crippen MR) is 91.2 cm³/mol. The fraction of sp³-hybridized carbons (Fsp3) is 0.647. The van der Waals surface area contributed by atoms with Crippen LogP contribution in [0, 0.1) is 0 Å². The van der Waals surface area contributed by atoms with Crippen LogP contribution in [0.1, 0.15) is 32.1 Å². The Morgan fingerprint density at radius 3 is 2.45 bits per heavy atom. The molecule has 1 aliphatic carbocycles. The Bertz CT molecular complexity index is 424. The number of benzene rings is 1. The first-order chi connectivity index (χ1) is 10.2. The molecule has 1 atom stereocenters. The van der Waals surface area contributed by atoms with Crippen molar-refractivity contribution in [3.8, 4) is 11.5 Å². The molecule has 0 aromatic heterocycles. The van der Waals surface area contributed by atoms with Crippen molar-refractivity contribution in [3.63, 3.8) is 0 Å². The molecular formula is C17H28ClNO3. The van der Waals surface area contributed by atoms with Crippen molar-refractivity contribution >= 4 is 12.4 Å². The zero-order valence-electron chi connectivity index (χ0n) is 13.5. The Balaban J connectivity index is 0.00000242. The molecule has 1 saturated carbocycles. The molecule has 0 amide bonds. The van der Waals surface area contributed by atoms with Crippen LogP contribution in [0.4, 0.5) is 0 Å². The van der Waals surface area contributed by atoms with E-state index in [4.69, 9.17) is 9.47 Å². The molecule has 1 fully saturated rings. The Morgan fingerprint density at radius 2 is 1.82 bits per heavy atom. The molecular weight excluding hydrogens is 302 g/mol. The van der Waals surface area contributed by atoms with Crippen molar-refractivity contribution in [3.05, 3.63) is 24.3 Å². The topological polar surface area (TPSA) is 41.9 Å². The van der Waals surface area contributed by atoms with Crippen molar-refractivity contribution < 1.29 is 14.6 Å². The maximum absolute atomic E-state index is 10.2. The van der Waals surface area contributed by atoms with Gasteiger partial charge < -0.3 is 19.5 Å². The fourth-order valence-electron chi connectivity index (χ4n) is 2.98. The van der Waals surface area contributed by atoms with Crippen molar-refractivity contribution in [2.24, 2.45) is 0 Å². The fourth-order valence-corrected chi connectivity index (χ4v) is 2.98. The van der Waals surface area contributed by atoms with E-state index >= 15 is 0 Å². The largest absolute Gasteiger partial charge is 0.493 e. The highest BCUT2D eigenvalue weighted by Gasteiger charge is 2.20. The number of nitrogens with zero attached hydrogens (tertiary/aromatic N) is 1. The Kier molecular flexibility index (Phi) is 8.61. The summed E-state index contributed by atoms with van der Waals surface area (Å²) in [7, 11) is 3.72. The van der Waals surface area contributed by atoms with Gasteiger partial charge in [0.05, 0.1) is 7.11 Å². The summed E-state index contributed by atoms with van der Waals surface area (Å²) in [5.74, 6) is 1.38. The first kappa shape index (κ1) is 19.1. The van der Waals surface area contributed by atoms with Gasteiger partial charge in [-0.05, 0) is 32.0 Å². The summed E-state index contributed by atoms with van der Waals surface area (Å²) < 4.78 is 10.9. The molecule has 0 radical (unpaired) electrons. The first-order valence-electron chi connectivity index (χ1n) is 7.85. The van der Waals surface area contributed by atoms with Gasteiger partial charge in [-0.25, -0.2) is 0 Å². The minimum absolute atomic E-state index is 0. The number of methoxy groups -OCH3 is 1. The average molecular weight is 330 g/mol. The predicted octanol–water partition coefficient (Wildman–Crippen LogP) is 3.12. The zero-order valence-corrected chi connectivity index (χ0v) is 14.3. The van der Waals surface area contributed by atoms with Gasteiger partial charge in [0.15, 0.2) is 11.5 Å². The van der Waals surface area contributed by atoms with E-state index in [1.165, 1.54) is 32.1 Å². The van der Waals surface area contributed by atoms with Crippen LogP contribution >= 0.6 is 12.4 Å². The molecule has 1 N–H and O–H groups in total. The standard InChI is InChI=1S/C17H27NO3.ClH/c1-18(14-8-4-3-5-9-14)12-15(19)13-21-17-11-7-6-10-16(17)20-2;/h6-7,10-11,14-15,19H,3-5,8-9,12-13H2,1-2H3;1H. The molecule has 0 aliphatic heterocycles. The van der Waals surface area contributed by atoms with E-state index < -0.39 is 6.10 Å². The van der Waals surface area contributed by atoms with Crippen LogP contribution < -0.4 is 9.47 Å². The summed E-state index contributed by atoms with van der Waals surface area (Å²) in [6.07, 6.45) is 5.98. The number of aliphatic hydroxyl groups excluding tert-OH is 1. The number of hydrogen-bond acceptors (Lipinski definition) is 4. The Labute approximate surface area is 139 Å². The number of aliphatic hydroxyl groups is 1. The van der Waals surface area contributed by atoms with Gasteiger partial charge >= 0.3 is 0 Å². The lowest BCUT2D eigenvalue weighted by Gasteiger charge is -2.32. The third-order valence-corrected chi connectivity index (χ3v) is 4.20. The number of ether oxygens (including phenoxy) is 2. The smallest absolute Gasteiger partial charge is 0.161 e. The molecule has 0 heterocycles. The molecule has 2 rings (SSSR count). The van der Waals surface area contributed by atoms with Crippen LogP contribution in [0.15, 0.2) is 24.3 Å². The molecule has 5 heteroatoms. The summed E-state index contributed by atoms with van der Waals surface area (Å²) in [5, 5.41) is 10.2. The molecule has 0 spiro atoms. The summed E-state index contributed by atoms with van der Waals surface area (Å²) in [5.41, 5.74) is 0. The van der Waals surface area contributed by atoms with Crippen LogP contribution in [0.3, 0.4) is 0 Å². The van der Waals surface area contributed by atoms with Crippen LogP contribution in [-0.4, -0.2) is 49.5 Å². The number of hydrogen-bond donors (Lipinski definition) is 1. The number of rotatable bonds is 7. The van der Waals surface area contributed by atoms with Gasteiger partial charge in [-0.3, -0.25) is 0 Å². The third kappa shape index (κ3) is 5.67. The van der Waals surface area contributed by atoms with Crippen molar-refractivity contribution in [1.82, 2.24) is 4.90 Å². The molecule has 0 bridgehead atoms. The van der Waals surface area contributed by atoms with E-state index in [2.05, 4.69) is 11.9 Å². The first-order valence-corrected chi connectivity index (χ1v) is 7.85. The zero-order chi connectivity index (χ0) is 15.1. The lowest BCUT2D eigenvalue weighted by Crippen LogP contribution is -2.40. The van der Waals surface area contributed by atoms with E-state index in [-0.39, 0.29) is 19.0 Å². The van der Waals surface area contributed by atoms with Gasteiger partial charge in [-0.1, -0.05) is 31.4 Å². The highest BCUT2D eigenvalue weighted by atomic mass is 35.5. The van der Waals surface area contributed by atoms with Gasteiger partial charge in [0.1, 0.15) is 12.7 Å². The van der Waals surface area contributed by atoms with E-state index in [9.17, 15) is 5.11 Å². The van der Waals surface area contributed by atoms with Gasteiger partial charge in [-0.2, -0.15) is 0 Å². The number of para-hydroxylation sites is 2. The maximum Gasteiger partial charge on any atom is 0.161 e. The normalized spacial score (nSPS) is 16.9. The SMILES string of the molecule is COc1ccccc1OCC(O)CN(C)C1CCCCC1.Cl. The summed E-state index contributed by atoms with van der Waals surface area (Å²) in [6, 6.07) is 8.13. The molecule has 1 unspecified atom stereocenters. The summed E-state index contributed by atoms with van der Waals surface area (Å²) in [4.78, 5) is 2.27. The molecule has 1 aromatic carbocycles. The molecule has 0 saturated heterocycles. The van der Waals surface area contributed by atoms with Crippen LogP contribution in [-0.2, 0) is 0 Å². The number of likely N-dealkylation sites (N-methyl/N-ethyl adjacent to an activating group) is 1. The second kappa shape index (κ2) is 9.93. The average Bonchev–Trinajstić information content (AvgIpc) is 2.54. The number of halogens is 1. The van der Waals surface area contributed by atoms with Gasteiger partial charge in [0.2, 0.25) is 0 Å². The highest BCUT2D eigenvalue weighted by molar-refractivity contribution is 5.85. The van der Waals surface area contributed by atoms with Gasteiger partial charge in [-0.15, -0.1) is 12.4 Å². The second-order valence-electron chi connectivity index (χ2n) is 5.85. The van der Waals surface area contributed by atoms with E-state index in [0.717, 1.165) is 0 Å². The minimum Gasteiger partial charge on any atom is -0.493 e. The summed E-state index contributed by atoms with van der Waals surface area (Å²) >= 11 is 0. The monoisotopic (exact) mass is 329 g/mol. The highest BCUT2D eigenvalue weighted by Crippen LogP contribution is 2.26. The van der Waals surface area contributed by atoms with E-state index in [1.54, 1.807) is 7.11 Å². The lowest BCUT2D eigenvalue weighted by molar-refractivity contribution is 0.0553. The Hall–Kier alpha value is -0.970. The Morgan fingerprint density at radius 1 is 1.18 bits per heavy atom. The van der Waals surface area contributed by atoms with Crippen molar-refractivity contribution in [1.29, 1.82) is 0 Å². The summed E-state index contributed by atoms with van der Waals surface area (Å²) in [6.45, 7) is 0.942. The second-order valence-corrected chi connectivity index (χ2v) is 5.85. The molecule has 4 nitrogen and oxygen atoms in total. The maximum atomic E-state index is 10.2. The quantitative estimate of drug-likeness (QED) is 0.834. The van der Waals surface area contributed by atoms with Crippen LogP contribution in [0.25, 0.3) is 0 Å². The molecule has 1 aromatic rings. The molecule has 22 heavy (non-hydrogen) atoms. The van der Waals surface area contributed by atoms with E-state index in [0.29, 0.717) is 24.1 Å². The van der Waals surface area contributed by atoms with E-state index in [1.807, 2.05) is 24.3 Å². The van der Waals surface area contributed by atoms with Crippen molar-refractivity contribution in [2.45, 2.75) is 44.2 Å². The molecule has 126 valence electrons. The lowest BCUT2D eigenvalue weighted by atomic mass is 9.94. The van der Waals surface area contributed by atoms with Crippen molar-refractivity contribution in [2.75, 3.05) is 27.3 Å². The van der Waals surface area contributed by atoms with Crippen LogP contribution in [0.5, 0.6) is 11.5 Å².